The minimum Gasteiger partial charge on any atom is -0.454 e. The number of para-hydroxylation sites is 1. The number of carbonyl (C=O) groups excluding carboxylic acids is 1. The number of nitrogens with one attached hydrogen (secondary N) is 3. The quantitative estimate of drug-likeness (QED) is 0.421. The van der Waals surface area contributed by atoms with Crippen molar-refractivity contribution in [3.8, 4) is 11.5 Å². The van der Waals surface area contributed by atoms with Gasteiger partial charge in [-0.15, -0.1) is 0 Å². The van der Waals surface area contributed by atoms with Crippen molar-refractivity contribution in [3.63, 3.8) is 0 Å². The van der Waals surface area contributed by atoms with Gasteiger partial charge in [0.2, 0.25) is 6.79 Å². The molecule has 9 heteroatoms. The van der Waals surface area contributed by atoms with Crippen molar-refractivity contribution >= 4 is 46.0 Å². The molecule has 0 fully saturated rings. The van der Waals surface area contributed by atoms with Gasteiger partial charge in [-0.3, -0.25) is 15.6 Å². The Morgan fingerprint density at radius 1 is 1.14 bits per heavy atom. The number of hydrazine groups is 1. The molecule has 0 bridgehead atoms. The van der Waals surface area contributed by atoms with Crippen LogP contribution in [0.1, 0.15) is 21.7 Å². The van der Waals surface area contributed by atoms with Crippen molar-refractivity contribution in [2.45, 2.75) is 12.3 Å². The van der Waals surface area contributed by atoms with Crippen LogP contribution in [-0.4, -0.2) is 24.1 Å². The van der Waals surface area contributed by atoms with Gasteiger partial charge in [-0.05, 0) is 42.2 Å². The number of ether oxygens (including phenoxy) is 2. The lowest BCUT2D eigenvalue weighted by Crippen LogP contribution is -2.46. The summed E-state index contributed by atoms with van der Waals surface area (Å²) in [7, 11) is 0. The molecule has 1 aliphatic rings. The average molecular weight is 430 g/mol. The standard InChI is InChI=1S/C20H19N3O4S2/c1-29-10-14-13-4-2-3-5-15(13)27-18(14)19(24)22-23-20(28)21-9-12-6-7-16-17(8-12)26-11-25-16/h2-8H,9-11H2,1H3,(H,22,24)(H2,21,23,28). The Labute approximate surface area is 177 Å². The van der Waals surface area contributed by atoms with Crippen molar-refractivity contribution in [2.24, 2.45) is 0 Å². The number of rotatable bonds is 5. The van der Waals surface area contributed by atoms with E-state index in [2.05, 4.69) is 16.2 Å². The molecule has 0 saturated carbocycles. The van der Waals surface area contributed by atoms with Gasteiger partial charge in [-0.1, -0.05) is 24.3 Å². The SMILES string of the molecule is CSCc1c(C(=O)NNC(=S)NCc2ccc3c(c2)OCO3)oc2ccccc12. The van der Waals surface area contributed by atoms with Gasteiger partial charge in [-0.25, -0.2) is 0 Å². The van der Waals surface area contributed by atoms with Crippen LogP contribution in [-0.2, 0) is 12.3 Å². The average Bonchev–Trinajstić information content (AvgIpc) is 3.35. The number of fused-ring (bicyclic) bond motifs is 2. The summed E-state index contributed by atoms with van der Waals surface area (Å²) in [5.41, 5.74) is 7.84. The van der Waals surface area contributed by atoms with Gasteiger partial charge in [0.05, 0.1) is 0 Å². The third-order valence-corrected chi connectivity index (χ3v) is 5.20. The Hall–Kier alpha value is -2.91. The summed E-state index contributed by atoms with van der Waals surface area (Å²) in [6.07, 6.45) is 1.98. The zero-order valence-corrected chi connectivity index (χ0v) is 17.2. The molecule has 0 atom stereocenters. The monoisotopic (exact) mass is 429 g/mol. The maximum absolute atomic E-state index is 12.6. The molecule has 0 aliphatic carbocycles. The first-order valence-electron chi connectivity index (χ1n) is 8.88. The molecule has 0 radical (unpaired) electrons. The van der Waals surface area contributed by atoms with Crippen molar-refractivity contribution in [2.75, 3.05) is 13.0 Å². The van der Waals surface area contributed by atoms with Crippen LogP contribution in [0.3, 0.4) is 0 Å². The topological polar surface area (TPSA) is 84.8 Å². The van der Waals surface area contributed by atoms with Crippen LogP contribution >= 0.6 is 24.0 Å². The number of carbonyl (C=O) groups is 1. The molecule has 4 rings (SSSR count). The van der Waals surface area contributed by atoms with Crippen molar-refractivity contribution in [3.05, 3.63) is 59.4 Å². The fraction of sp³-hybridized carbons (Fsp3) is 0.200. The highest BCUT2D eigenvalue weighted by Gasteiger charge is 2.20. The van der Waals surface area contributed by atoms with Gasteiger partial charge in [-0.2, -0.15) is 11.8 Å². The van der Waals surface area contributed by atoms with Crippen LogP contribution in [0.15, 0.2) is 46.9 Å². The molecule has 0 unspecified atom stereocenters. The number of hydrogen-bond acceptors (Lipinski definition) is 6. The van der Waals surface area contributed by atoms with Crippen LogP contribution in [0, 0.1) is 0 Å². The van der Waals surface area contributed by atoms with Gasteiger partial charge < -0.3 is 19.2 Å². The van der Waals surface area contributed by atoms with Crippen molar-refractivity contribution in [1.82, 2.24) is 16.2 Å². The Balaban J connectivity index is 1.35. The summed E-state index contributed by atoms with van der Waals surface area (Å²) < 4.78 is 16.4. The first-order valence-corrected chi connectivity index (χ1v) is 10.7. The molecule has 2 aromatic carbocycles. The van der Waals surface area contributed by atoms with E-state index in [1.54, 1.807) is 11.8 Å². The molecule has 3 N–H and O–H groups in total. The molecular formula is C20H19N3O4S2. The van der Waals surface area contributed by atoms with E-state index in [4.69, 9.17) is 26.1 Å². The largest absolute Gasteiger partial charge is 0.454 e. The highest BCUT2D eigenvalue weighted by Crippen LogP contribution is 2.32. The second kappa shape index (κ2) is 8.62. The summed E-state index contributed by atoms with van der Waals surface area (Å²) in [4.78, 5) is 12.6. The third kappa shape index (κ3) is 4.25. The van der Waals surface area contributed by atoms with Crippen LogP contribution in [0.2, 0.25) is 0 Å². The predicted molar refractivity (Wildman–Crippen MR) is 116 cm³/mol. The number of thiocarbonyl (C=S) groups is 1. The third-order valence-electron chi connectivity index (χ3n) is 4.37. The van der Waals surface area contributed by atoms with Crippen LogP contribution in [0.4, 0.5) is 0 Å². The van der Waals surface area contributed by atoms with Crippen LogP contribution in [0.5, 0.6) is 11.5 Å². The second-order valence-electron chi connectivity index (χ2n) is 6.29. The Kier molecular flexibility index (Phi) is 5.77. The van der Waals surface area contributed by atoms with E-state index in [0.717, 1.165) is 22.3 Å². The van der Waals surface area contributed by atoms with Crippen LogP contribution in [0.25, 0.3) is 11.0 Å². The van der Waals surface area contributed by atoms with Crippen LogP contribution < -0.4 is 25.6 Å². The summed E-state index contributed by atoms with van der Waals surface area (Å²) in [5.74, 6) is 2.02. The predicted octanol–water partition coefficient (Wildman–Crippen LogP) is 3.33. The van der Waals surface area contributed by atoms with E-state index in [9.17, 15) is 4.79 Å². The van der Waals surface area contributed by atoms with E-state index in [0.29, 0.717) is 28.7 Å². The maximum atomic E-state index is 12.6. The minimum absolute atomic E-state index is 0.235. The van der Waals surface area contributed by atoms with Gasteiger partial charge >= 0.3 is 5.91 Å². The van der Waals surface area contributed by atoms with E-state index in [1.807, 2.05) is 48.7 Å². The minimum atomic E-state index is -0.377. The van der Waals surface area contributed by atoms with E-state index < -0.39 is 0 Å². The smallest absolute Gasteiger partial charge is 0.305 e. The Morgan fingerprint density at radius 2 is 1.97 bits per heavy atom. The lowest BCUT2D eigenvalue weighted by molar-refractivity contribution is 0.0917. The summed E-state index contributed by atoms with van der Waals surface area (Å²) in [5, 5.41) is 4.27. The normalized spacial score (nSPS) is 12.0. The first-order chi connectivity index (χ1) is 14.2. The number of furan rings is 1. The zero-order valence-electron chi connectivity index (χ0n) is 15.6. The molecule has 1 aliphatic heterocycles. The number of thioether (sulfide) groups is 1. The van der Waals surface area contributed by atoms with Gasteiger partial charge in [0.15, 0.2) is 22.4 Å². The summed E-state index contributed by atoms with van der Waals surface area (Å²) >= 11 is 6.87. The lowest BCUT2D eigenvalue weighted by Gasteiger charge is -2.11. The van der Waals surface area contributed by atoms with Crippen molar-refractivity contribution in [1.29, 1.82) is 0 Å². The molecule has 2 heterocycles. The summed E-state index contributed by atoms with van der Waals surface area (Å²) in [6.45, 7) is 0.708. The van der Waals surface area contributed by atoms with Gasteiger partial charge in [0.25, 0.3) is 0 Å². The highest BCUT2D eigenvalue weighted by molar-refractivity contribution is 7.97. The van der Waals surface area contributed by atoms with Gasteiger partial charge in [0, 0.05) is 23.2 Å². The fourth-order valence-corrected chi connectivity index (χ4v) is 3.72. The molecule has 150 valence electrons. The maximum Gasteiger partial charge on any atom is 0.305 e. The Bertz CT molecular complexity index is 1070. The molecule has 7 nitrogen and oxygen atoms in total. The van der Waals surface area contributed by atoms with E-state index in [-0.39, 0.29) is 18.5 Å². The first kappa shape index (κ1) is 19.4. The lowest BCUT2D eigenvalue weighted by atomic mass is 10.1. The molecule has 1 amide bonds. The number of amides is 1. The van der Waals surface area contributed by atoms with E-state index in [1.165, 1.54) is 0 Å². The second-order valence-corrected chi connectivity index (χ2v) is 7.56. The Morgan fingerprint density at radius 3 is 2.83 bits per heavy atom. The van der Waals surface area contributed by atoms with E-state index >= 15 is 0 Å². The molecule has 29 heavy (non-hydrogen) atoms. The summed E-state index contributed by atoms with van der Waals surface area (Å²) in [6, 6.07) is 13.3. The molecule has 1 aromatic heterocycles. The molecule has 0 spiro atoms. The zero-order chi connectivity index (χ0) is 20.2. The molecule has 3 aromatic rings. The molecule has 0 saturated heterocycles. The van der Waals surface area contributed by atoms with Crippen molar-refractivity contribution < 1.29 is 18.7 Å². The number of hydrogen-bond donors (Lipinski definition) is 3. The highest BCUT2D eigenvalue weighted by atomic mass is 32.2. The molecular weight excluding hydrogens is 410 g/mol. The number of benzene rings is 2. The fourth-order valence-electron chi connectivity index (χ4n) is 3.02. The van der Waals surface area contributed by atoms with Gasteiger partial charge in [0.1, 0.15) is 5.58 Å².